The minimum absolute atomic E-state index is 0.115. The molecule has 1 fully saturated rings. The van der Waals surface area contributed by atoms with E-state index in [1.54, 1.807) is 13.2 Å². The molecule has 0 saturated heterocycles. The zero-order chi connectivity index (χ0) is 45.2. The fraction of sp³-hybridized carbons (Fsp3) is 0.564. The number of hydrogen-bond acceptors (Lipinski definition) is 8. The lowest BCUT2D eigenvalue weighted by atomic mass is 9.55. The maximum atomic E-state index is 14.7. The van der Waals surface area contributed by atoms with Crippen LogP contribution in [0.15, 0.2) is 102 Å². The lowest BCUT2D eigenvalue weighted by Crippen LogP contribution is -2.70. The van der Waals surface area contributed by atoms with E-state index in [9.17, 15) is 15.0 Å². The average molecular weight is 877 g/mol. The Balaban J connectivity index is 1.41. The fourth-order valence-corrected chi connectivity index (χ4v) is 10.7. The number of amides is 1. The number of oxime groups is 1. The Morgan fingerprint density at radius 2 is 1.50 bits per heavy atom. The molecule has 2 N–H and O–H groups in total. The van der Waals surface area contributed by atoms with E-state index in [1.807, 2.05) is 47.4 Å². The van der Waals surface area contributed by atoms with Crippen molar-refractivity contribution in [3.05, 3.63) is 103 Å². The number of carbonyl (C=O) groups excluding carboxylic acids is 1. The summed E-state index contributed by atoms with van der Waals surface area (Å²) < 4.78 is 21.2. The summed E-state index contributed by atoms with van der Waals surface area (Å²) in [6.45, 7) is 9.53. The van der Waals surface area contributed by atoms with Crippen LogP contribution >= 0.6 is 0 Å². The minimum Gasteiger partial charge on any atom is -0.459 e. The predicted molar refractivity (Wildman–Crippen MR) is 258 cm³/mol. The van der Waals surface area contributed by atoms with Crippen LogP contribution in [0.25, 0.3) is 11.1 Å². The van der Waals surface area contributed by atoms with Gasteiger partial charge in [0.2, 0.25) is 11.7 Å². The number of allylic oxidation sites excluding steroid dienone is 1. The highest BCUT2D eigenvalue weighted by molar-refractivity contribution is 6.03. The zero-order valence-electron chi connectivity index (χ0n) is 39.1. The molecule has 3 aromatic rings. The third-order valence-electron chi connectivity index (χ3n) is 13.7. The first-order valence-corrected chi connectivity index (χ1v) is 24.7. The molecule has 3 aliphatic rings. The second kappa shape index (κ2) is 25.3. The molecule has 1 amide bonds. The Hall–Kier alpha value is -4.44. The fourth-order valence-electron chi connectivity index (χ4n) is 10.7. The van der Waals surface area contributed by atoms with E-state index in [0.29, 0.717) is 31.6 Å². The van der Waals surface area contributed by atoms with Crippen LogP contribution in [-0.2, 0) is 14.4 Å². The molecule has 64 heavy (non-hydrogen) atoms. The normalized spacial score (nSPS) is 22.8. The quantitative estimate of drug-likeness (QED) is 0.0425. The first-order valence-electron chi connectivity index (χ1n) is 24.7. The molecule has 9 nitrogen and oxygen atoms in total. The van der Waals surface area contributed by atoms with E-state index in [4.69, 9.17) is 24.2 Å². The number of fused-ring (bicyclic) bond motifs is 2. The standard InChI is InChI=1S/C55H76N2O7/c1-5-8-9-10-11-12-13-14-18-27-52(60)57(34-6-2)51-40-49(56-61-4)47-38-43(25-19-21-35-58)46(26-20-22-36-59)53-48-39-45(32-33-50(48)64-55(51,54(47)53)62-37-7-3)63-44-30-28-42(29-31-44)41-23-16-15-17-24-41/h7,15-17,23-24,28-33,38-39,43,46,51,53-54,58-59H,3,5-6,8-14,18-22,25-27,34-37,40H2,1-2,4H3/t43-,46+,51-,53+,54+,55+/m0/s1. The van der Waals surface area contributed by atoms with Crippen molar-refractivity contribution in [3.63, 3.8) is 0 Å². The summed E-state index contributed by atoms with van der Waals surface area (Å²) in [5.74, 6) is 0.848. The number of carbonyl (C=O) groups is 1. The highest BCUT2D eigenvalue weighted by atomic mass is 16.7. The Kier molecular flexibility index (Phi) is 19.4. The van der Waals surface area contributed by atoms with Crippen LogP contribution < -0.4 is 9.47 Å². The summed E-state index contributed by atoms with van der Waals surface area (Å²) in [5, 5.41) is 24.6. The Labute approximate surface area is 383 Å². The van der Waals surface area contributed by atoms with E-state index in [0.717, 1.165) is 97.3 Å². The van der Waals surface area contributed by atoms with Crippen molar-refractivity contribution < 1.29 is 34.1 Å². The van der Waals surface area contributed by atoms with Crippen molar-refractivity contribution in [3.8, 4) is 28.4 Å². The van der Waals surface area contributed by atoms with E-state index in [1.165, 1.54) is 38.5 Å². The van der Waals surface area contributed by atoms with Gasteiger partial charge in [0.1, 0.15) is 30.4 Å². The Bertz CT molecular complexity index is 1950. The van der Waals surface area contributed by atoms with Crippen LogP contribution in [0.1, 0.15) is 141 Å². The molecule has 0 spiro atoms. The van der Waals surface area contributed by atoms with Gasteiger partial charge in [-0.25, -0.2) is 0 Å². The van der Waals surface area contributed by atoms with Crippen molar-refractivity contribution in [1.82, 2.24) is 4.90 Å². The van der Waals surface area contributed by atoms with Gasteiger partial charge in [-0.05, 0) is 97.4 Å². The molecule has 0 radical (unpaired) electrons. The van der Waals surface area contributed by atoms with Crippen LogP contribution in [-0.4, -0.2) is 72.0 Å². The van der Waals surface area contributed by atoms with Crippen molar-refractivity contribution in [2.45, 2.75) is 147 Å². The maximum Gasteiger partial charge on any atom is 0.239 e. The van der Waals surface area contributed by atoms with E-state index < -0.39 is 11.8 Å². The minimum atomic E-state index is -1.26. The lowest BCUT2D eigenvalue weighted by molar-refractivity contribution is -0.257. The van der Waals surface area contributed by atoms with Crippen molar-refractivity contribution in [1.29, 1.82) is 0 Å². The van der Waals surface area contributed by atoms with Gasteiger partial charge < -0.3 is 34.2 Å². The number of nitrogens with zero attached hydrogens (tertiary/aromatic N) is 2. The van der Waals surface area contributed by atoms with Crippen LogP contribution in [0.3, 0.4) is 0 Å². The van der Waals surface area contributed by atoms with E-state index >= 15 is 0 Å². The molecule has 1 heterocycles. The largest absolute Gasteiger partial charge is 0.459 e. The molecule has 2 aliphatic carbocycles. The van der Waals surface area contributed by atoms with Crippen LogP contribution in [0, 0.1) is 17.8 Å². The van der Waals surface area contributed by atoms with Gasteiger partial charge >= 0.3 is 0 Å². The number of rotatable bonds is 28. The predicted octanol–water partition coefficient (Wildman–Crippen LogP) is 12.6. The number of benzene rings is 3. The molecule has 6 rings (SSSR count). The average Bonchev–Trinajstić information content (AvgIpc) is 3.31. The number of aliphatic hydroxyl groups excluding tert-OH is 2. The summed E-state index contributed by atoms with van der Waals surface area (Å²) >= 11 is 0. The van der Waals surface area contributed by atoms with Gasteiger partial charge in [-0.1, -0.05) is 138 Å². The van der Waals surface area contributed by atoms with Gasteiger partial charge in [0.15, 0.2) is 0 Å². The lowest BCUT2D eigenvalue weighted by Gasteiger charge is -2.60. The number of hydrogen-bond donors (Lipinski definition) is 2. The third-order valence-corrected chi connectivity index (χ3v) is 13.7. The third kappa shape index (κ3) is 12.1. The molecule has 9 heteroatoms. The van der Waals surface area contributed by atoms with Crippen LogP contribution in [0.5, 0.6) is 17.2 Å². The number of unbranched alkanes of at least 4 members (excludes halogenated alkanes) is 10. The van der Waals surface area contributed by atoms with Crippen LogP contribution in [0.4, 0.5) is 0 Å². The molecule has 0 bridgehead atoms. The van der Waals surface area contributed by atoms with Gasteiger partial charge in [-0.15, -0.1) is 6.58 Å². The molecule has 6 atom stereocenters. The second-order valence-corrected chi connectivity index (χ2v) is 18.1. The molecule has 3 aromatic carbocycles. The van der Waals surface area contributed by atoms with Crippen molar-refractivity contribution in [2.24, 2.45) is 22.9 Å². The summed E-state index contributed by atoms with van der Waals surface area (Å²) in [4.78, 5) is 22.4. The smallest absolute Gasteiger partial charge is 0.239 e. The Morgan fingerprint density at radius 1 is 0.828 bits per heavy atom. The van der Waals surface area contributed by atoms with Crippen molar-refractivity contribution >= 4 is 11.6 Å². The summed E-state index contributed by atoms with van der Waals surface area (Å²) in [5.41, 5.74) is 5.15. The topological polar surface area (TPSA) is 110 Å². The molecular formula is C55H76N2O7. The van der Waals surface area contributed by atoms with Gasteiger partial charge in [0.25, 0.3) is 0 Å². The number of aliphatic hydroxyl groups is 2. The maximum absolute atomic E-state index is 14.7. The molecule has 348 valence electrons. The van der Waals surface area contributed by atoms with Gasteiger partial charge in [0, 0.05) is 44.1 Å². The highest BCUT2D eigenvalue weighted by Crippen LogP contribution is 2.62. The Morgan fingerprint density at radius 3 is 2.17 bits per heavy atom. The van der Waals surface area contributed by atoms with Crippen molar-refractivity contribution in [2.75, 3.05) is 33.5 Å². The number of ether oxygens (including phenoxy) is 3. The zero-order valence-corrected chi connectivity index (χ0v) is 39.1. The van der Waals surface area contributed by atoms with E-state index in [2.05, 4.69) is 56.8 Å². The summed E-state index contributed by atoms with van der Waals surface area (Å²) in [6, 6.07) is 24.2. The SMILES string of the molecule is C=CCO[C@@]12Oc3ccc(Oc4ccc(-c5ccccc5)cc4)cc3[C@H]3[C@H](CCCCO)[C@@H](CCCCO)C=C(C(=NOC)C[C@@H]1N(CCC)C(=O)CCCCCCCCCCC)[C@H]32. The highest BCUT2D eigenvalue weighted by Gasteiger charge is 2.65. The molecule has 0 aromatic heterocycles. The van der Waals surface area contributed by atoms with Gasteiger partial charge in [0.05, 0.1) is 18.2 Å². The monoisotopic (exact) mass is 877 g/mol. The van der Waals surface area contributed by atoms with Gasteiger partial charge in [-0.3, -0.25) is 4.79 Å². The summed E-state index contributed by atoms with van der Waals surface area (Å²) in [6.07, 6.45) is 21.4. The second-order valence-electron chi connectivity index (χ2n) is 18.1. The first-order chi connectivity index (χ1) is 31.4. The first kappa shape index (κ1) is 49.0. The molecule has 0 unspecified atom stereocenters. The van der Waals surface area contributed by atoms with E-state index in [-0.39, 0.29) is 49.4 Å². The molecule has 1 saturated carbocycles. The summed E-state index contributed by atoms with van der Waals surface area (Å²) in [7, 11) is 1.59. The van der Waals surface area contributed by atoms with Crippen LogP contribution in [0.2, 0.25) is 0 Å². The molecular weight excluding hydrogens is 801 g/mol. The van der Waals surface area contributed by atoms with Gasteiger partial charge in [-0.2, -0.15) is 0 Å². The molecule has 1 aliphatic heterocycles.